The van der Waals surface area contributed by atoms with Crippen molar-refractivity contribution < 1.29 is 27.3 Å². The summed E-state index contributed by atoms with van der Waals surface area (Å²) in [6, 6.07) is 22.7. The summed E-state index contributed by atoms with van der Waals surface area (Å²) in [7, 11) is 0. The lowest BCUT2D eigenvalue weighted by molar-refractivity contribution is -0.159. The lowest BCUT2D eigenvalue weighted by Crippen LogP contribution is -2.50. The van der Waals surface area contributed by atoms with Crippen molar-refractivity contribution >= 4 is 17.6 Å². The van der Waals surface area contributed by atoms with Crippen molar-refractivity contribution in [3.63, 3.8) is 0 Å². The Bertz CT molecular complexity index is 1470. The van der Waals surface area contributed by atoms with Crippen LogP contribution in [0, 0.1) is 0 Å². The lowest BCUT2D eigenvalue weighted by Gasteiger charge is -2.35. The van der Waals surface area contributed by atoms with Crippen molar-refractivity contribution in [1.29, 1.82) is 0 Å². The number of amides is 3. The van der Waals surface area contributed by atoms with Crippen LogP contribution in [0.3, 0.4) is 0 Å². The Balaban J connectivity index is 1.22. The van der Waals surface area contributed by atoms with Gasteiger partial charge in [0.2, 0.25) is 5.82 Å². The van der Waals surface area contributed by atoms with E-state index in [0.29, 0.717) is 29.9 Å². The van der Waals surface area contributed by atoms with Crippen LogP contribution < -0.4 is 10.6 Å². The number of hydrogen-bond acceptors (Lipinski definition) is 5. The Kier molecular flexibility index (Phi) is 7.81. The Morgan fingerprint density at radius 1 is 0.925 bits per heavy atom. The minimum atomic E-state index is -4.73. The highest BCUT2D eigenvalue weighted by molar-refractivity contribution is 6.01. The van der Waals surface area contributed by atoms with E-state index in [0.717, 1.165) is 30.4 Å². The Labute approximate surface area is 228 Å². The molecule has 3 aromatic carbocycles. The first-order valence-corrected chi connectivity index (χ1v) is 12.8. The fourth-order valence-corrected chi connectivity index (χ4v) is 4.69. The maximum absolute atomic E-state index is 13.1. The van der Waals surface area contributed by atoms with Gasteiger partial charge >= 0.3 is 18.1 Å². The number of piperidine rings is 1. The molecule has 3 amide bonds. The third-order valence-corrected chi connectivity index (χ3v) is 6.71. The number of hydrogen-bond donors (Lipinski definition) is 2. The van der Waals surface area contributed by atoms with Gasteiger partial charge in [0.15, 0.2) is 0 Å². The highest BCUT2D eigenvalue weighted by atomic mass is 19.4. The summed E-state index contributed by atoms with van der Waals surface area (Å²) in [5.74, 6) is -1.84. The summed E-state index contributed by atoms with van der Waals surface area (Å²) in [6.45, 7) is 0.835. The first kappa shape index (κ1) is 26.9. The zero-order valence-electron chi connectivity index (χ0n) is 21.3. The van der Waals surface area contributed by atoms with Gasteiger partial charge in [0, 0.05) is 29.9 Å². The Hall–Kier alpha value is -4.67. The van der Waals surface area contributed by atoms with E-state index in [1.54, 1.807) is 23.1 Å². The molecule has 5 rings (SSSR count). The Morgan fingerprint density at radius 3 is 2.38 bits per heavy atom. The molecule has 0 saturated carbocycles. The second-order valence-electron chi connectivity index (χ2n) is 9.39. The zero-order valence-corrected chi connectivity index (χ0v) is 21.3. The second kappa shape index (κ2) is 11.6. The third-order valence-electron chi connectivity index (χ3n) is 6.71. The van der Waals surface area contributed by atoms with E-state index in [2.05, 4.69) is 25.3 Å². The molecule has 1 unspecified atom stereocenters. The molecular weight excluding hydrogens is 523 g/mol. The van der Waals surface area contributed by atoms with Crippen LogP contribution in [-0.2, 0) is 6.18 Å². The number of alkyl halides is 3. The molecule has 0 aliphatic carbocycles. The van der Waals surface area contributed by atoms with Gasteiger partial charge in [-0.15, -0.1) is 0 Å². The molecular formula is C29H26F3N5O3. The van der Waals surface area contributed by atoms with E-state index in [4.69, 9.17) is 0 Å². The number of likely N-dealkylation sites (tertiary alicyclic amines) is 1. The van der Waals surface area contributed by atoms with Gasteiger partial charge in [0.25, 0.3) is 5.91 Å². The van der Waals surface area contributed by atoms with E-state index >= 15 is 0 Å². The highest BCUT2D eigenvalue weighted by Crippen LogP contribution is 2.30. The monoisotopic (exact) mass is 549 g/mol. The molecule has 1 aliphatic rings. The van der Waals surface area contributed by atoms with Crippen molar-refractivity contribution in [2.75, 3.05) is 18.4 Å². The first-order chi connectivity index (χ1) is 19.3. The van der Waals surface area contributed by atoms with Gasteiger partial charge in [-0.25, -0.2) is 4.79 Å². The first-order valence-electron chi connectivity index (χ1n) is 12.8. The molecule has 0 radical (unpaired) electrons. The van der Waals surface area contributed by atoms with Crippen molar-refractivity contribution in [3.8, 4) is 22.5 Å². The van der Waals surface area contributed by atoms with E-state index in [-0.39, 0.29) is 23.8 Å². The standard InChI is InChI=1S/C29H26F3N5O3/c30-29(31,32)27-35-25(36-40-27)20-13-15-21(16-14-20)34-28(39)37-17-7-6-10-22(37)18-33-26(38)24-12-5-4-11-23(24)19-8-2-1-3-9-19/h1-5,8-9,11-16,22H,6-7,10,17-18H2,(H,33,38)(H,34,39). The number of rotatable bonds is 6. The lowest BCUT2D eigenvalue weighted by atomic mass is 9.98. The molecule has 8 nitrogen and oxygen atoms in total. The van der Waals surface area contributed by atoms with Crippen LogP contribution in [0.5, 0.6) is 0 Å². The van der Waals surface area contributed by atoms with E-state index in [9.17, 15) is 22.8 Å². The molecule has 206 valence electrons. The third kappa shape index (κ3) is 6.14. The smallest absolute Gasteiger partial charge is 0.350 e. The molecule has 0 bridgehead atoms. The molecule has 1 aromatic heterocycles. The molecule has 2 N–H and O–H groups in total. The summed E-state index contributed by atoms with van der Waals surface area (Å²) in [4.78, 5) is 31.4. The minimum absolute atomic E-state index is 0.194. The number of halogens is 3. The largest absolute Gasteiger partial charge is 0.471 e. The molecule has 11 heteroatoms. The van der Waals surface area contributed by atoms with Crippen LogP contribution in [0.25, 0.3) is 22.5 Å². The van der Waals surface area contributed by atoms with Crippen LogP contribution in [0.1, 0.15) is 35.5 Å². The molecule has 1 saturated heterocycles. The highest BCUT2D eigenvalue weighted by Gasteiger charge is 2.38. The fraction of sp³-hybridized carbons (Fsp3) is 0.241. The molecule has 0 spiro atoms. The van der Waals surface area contributed by atoms with E-state index in [1.807, 2.05) is 48.5 Å². The zero-order chi connectivity index (χ0) is 28.1. The van der Waals surface area contributed by atoms with Crippen molar-refractivity contribution in [2.45, 2.75) is 31.5 Å². The Morgan fingerprint density at radius 2 is 1.65 bits per heavy atom. The summed E-state index contributed by atoms with van der Waals surface area (Å²) in [5.41, 5.74) is 3.10. The van der Waals surface area contributed by atoms with Gasteiger partial charge in [0.1, 0.15) is 0 Å². The molecule has 2 heterocycles. The number of anilines is 1. The topological polar surface area (TPSA) is 100 Å². The number of nitrogens with one attached hydrogen (secondary N) is 2. The van der Waals surface area contributed by atoms with Gasteiger partial charge in [-0.3, -0.25) is 4.79 Å². The predicted octanol–water partition coefficient (Wildman–Crippen LogP) is 6.24. The van der Waals surface area contributed by atoms with E-state index < -0.39 is 12.1 Å². The molecule has 4 aromatic rings. The number of aromatic nitrogens is 2. The van der Waals surface area contributed by atoms with Crippen molar-refractivity contribution in [2.24, 2.45) is 0 Å². The number of urea groups is 1. The average Bonchev–Trinajstić information content (AvgIpc) is 3.48. The van der Waals surface area contributed by atoms with Crippen LogP contribution in [-0.4, -0.2) is 46.1 Å². The summed E-state index contributed by atoms with van der Waals surface area (Å²) in [5, 5.41) is 9.20. The van der Waals surface area contributed by atoms with Crippen LogP contribution >= 0.6 is 0 Å². The fourth-order valence-electron chi connectivity index (χ4n) is 4.69. The number of nitrogens with zero attached hydrogens (tertiary/aromatic N) is 3. The van der Waals surface area contributed by atoms with Gasteiger partial charge in [-0.05, 0) is 60.7 Å². The van der Waals surface area contributed by atoms with Crippen molar-refractivity contribution in [3.05, 3.63) is 90.3 Å². The second-order valence-corrected chi connectivity index (χ2v) is 9.39. The quantitative estimate of drug-likeness (QED) is 0.297. The van der Waals surface area contributed by atoms with Gasteiger partial charge in [0.05, 0.1) is 6.04 Å². The van der Waals surface area contributed by atoms with E-state index in [1.165, 1.54) is 12.1 Å². The predicted molar refractivity (Wildman–Crippen MR) is 142 cm³/mol. The molecule has 40 heavy (non-hydrogen) atoms. The number of benzene rings is 3. The molecule has 1 fully saturated rings. The number of carbonyl (C=O) groups excluding carboxylic acids is 2. The van der Waals surface area contributed by atoms with Crippen LogP contribution in [0.4, 0.5) is 23.7 Å². The van der Waals surface area contributed by atoms with Crippen molar-refractivity contribution in [1.82, 2.24) is 20.4 Å². The van der Waals surface area contributed by atoms with Crippen LogP contribution in [0.15, 0.2) is 83.4 Å². The minimum Gasteiger partial charge on any atom is -0.350 e. The van der Waals surface area contributed by atoms with Gasteiger partial charge < -0.3 is 20.1 Å². The summed E-state index contributed by atoms with van der Waals surface area (Å²) in [6.07, 6.45) is -2.21. The average molecular weight is 550 g/mol. The van der Waals surface area contributed by atoms with Crippen LogP contribution in [0.2, 0.25) is 0 Å². The summed E-state index contributed by atoms with van der Waals surface area (Å²) >= 11 is 0. The number of carbonyl (C=O) groups is 2. The molecule has 1 aliphatic heterocycles. The maximum atomic E-state index is 13.1. The molecule has 1 atom stereocenters. The van der Waals surface area contributed by atoms with Gasteiger partial charge in [-0.1, -0.05) is 53.7 Å². The van der Waals surface area contributed by atoms with Gasteiger partial charge in [-0.2, -0.15) is 18.2 Å². The summed E-state index contributed by atoms with van der Waals surface area (Å²) < 4.78 is 42.5. The SMILES string of the molecule is O=C(NCC1CCCCN1C(=O)Nc1ccc(-c2noc(C(F)(F)F)n2)cc1)c1ccccc1-c1ccccc1. The normalized spacial score (nSPS) is 15.5. The maximum Gasteiger partial charge on any atom is 0.471 e.